The van der Waals surface area contributed by atoms with Crippen LogP contribution in [0, 0.1) is 23.0 Å². The zero-order valence-electron chi connectivity index (χ0n) is 83.0. The van der Waals surface area contributed by atoms with Gasteiger partial charge in [-0.25, -0.2) is 52.7 Å². The molecule has 140 heavy (non-hydrogen) atoms. The van der Waals surface area contributed by atoms with Crippen LogP contribution >= 0.6 is 0 Å². The Hall–Kier alpha value is -13.2. The van der Waals surface area contributed by atoms with Crippen LogP contribution in [-0.4, -0.2) is 130 Å². The van der Waals surface area contributed by atoms with Crippen molar-refractivity contribution < 1.29 is 66.3 Å². The van der Waals surface area contributed by atoms with E-state index in [0.29, 0.717) is 140 Å². The van der Waals surface area contributed by atoms with Crippen molar-refractivity contribution in [3.63, 3.8) is 0 Å². The number of esters is 5. The Morgan fingerprint density at radius 3 is 0.893 bits per heavy atom. The van der Waals surface area contributed by atoms with E-state index in [4.69, 9.17) is 28.4 Å². The number of carbonyl (C=O) groups excluding carboxylic acids is 5. The van der Waals surface area contributed by atoms with Gasteiger partial charge in [0.05, 0.1) is 156 Å². The zero-order chi connectivity index (χ0) is 99.2. The number of hydrogen-bond donors (Lipinski definition) is 11. The molecule has 0 spiro atoms. The lowest BCUT2D eigenvalue weighted by Gasteiger charge is -2.37. The lowest BCUT2D eigenvalue weighted by Crippen LogP contribution is -2.31. The molecule has 5 aliphatic carbocycles. The van der Waals surface area contributed by atoms with E-state index in [9.17, 15) is 37.9 Å². The molecule has 10 aromatic rings. The van der Waals surface area contributed by atoms with Crippen LogP contribution in [0.2, 0.25) is 0 Å². The van der Waals surface area contributed by atoms with E-state index < -0.39 is 17.6 Å². The molecule has 0 saturated heterocycles. The second kappa shape index (κ2) is 57.4. The molecule has 7 aromatic carbocycles. The van der Waals surface area contributed by atoms with Gasteiger partial charge in [0.25, 0.3) is 0 Å². The van der Waals surface area contributed by atoms with Gasteiger partial charge in [0, 0.05) is 80.7 Å². The van der Waals surface area contributed by atoms with Crippen LogP contribution in [0.1, 0.15) is 295 Å². The summed E-state index contributed by atoms with van der Waals surface area (Å²) in [6.07, 6.45) is 39.4. The molecule has 0 aliphatic heterocycles. The molecule has 3 aromatic heterocycles. The van der Waals surface area contributed by atoms with Crippen LogP contribution in [0.15, 0.2) is 189 Å². The predicted octanol–water partition coefficient (Wildman–Crippen LogP) is 24.1. The highest BCUT2D eigenvalue weighted by molar-refractivity contribution is 5.95. The van der Waals surface area contributed by atoms with Gasteiger partial charge in [-0.05, 0) is 285 Å². The molecule has 5 saturated carbocycles. The molecule has 0 atom stereocenters. The molecule has 0 amide bonds. The van der Waals surface area contributed by atoms with E-state index in [1.807, 2.05) is 142 Å². The number of nitrogens with one attached hydrogen (secondary N) is 10. The molecule has 5 fully saturated rings. The standard InChI is InChI=1S/C24H34N4O2.C24H32N2O4.C22H26F2N2O2.C21H27N3O2.C20H26N4O2/c1-5-30-23(29)17-6-11-21(22(14-17)26-15-20-12-13-25-16-27-20)28-19-9-7-18(8-10-19)24(2,3)4;1-3-30-24(28)19-9-10-22(26-20-7-5-4-6-8-20)23(14-19)25-15-17-11-18(16-27)13-21(12-17)29-2;1-2-28-22(27)16-8-9-20(26-19-6-4-3-5-7-19)21(12-16)25-14-15-10-17(23)13-18(24)11-15;1-2-26-21(25)17-8-9-19(24-18-6-4-3-5-7-18)20(14-17)23-15-16-10-12-22-13-11-16;1-2-26-20(25)15-8-9-18(24-16-6-4-3-5-7-16)19(12-15)22-13-17-10-11-21-14-23-17/h6,11-14,16,18-19,26,28H,5,7-10,15H2,1-4H3;9-14,20,25-27H,3-8,15-16H2,1-2H3;8-13,19,25-26H,2-7,14H2,1H3;8-14,18,23-24H,2-7,15H2,1H3;8-12,14,16,22,24H,2-7,13H2,1H3. The molecule has 750 valence electrons. The fourth-order valence-electron chi connectivity index (χ4n) is 18.0. The number of carbonyl (C=O) groups is 5. The SMILES string of the molecule is CCOC(=O)c1ccc(NC2CCC(C(C)(C)C)CC2)c(NCc2ccncn2)c1.CCOC(=O)c1ccc(NC2CCCCC2)c(NCc2cc(CO)cc(OC)c2)c1.CCOC(=O)c1ccc(NC2CCCCC2)c(NCc2cc(F)cc(F)c2)c1.CCOC(=O)c1ccc(NC2CCCCC2)c(NCc2ccncc2)c1.CCOC(=O)c1ccc(NC2CCCCC2)c(NCc2ccncn2)c1. The van der Waals surface area contributed by atoms with Crippen molar-refractivity contribution in [2.45, 2.75) is 279 Å². The van der Waals surface area contributed by atoms with E-state index in [0.717, 1.165) is 130 Å². The summed E-state index contributed by atoms with van der Waals surface area (Å²) in [5, 5.41) is 44.6. The van der Waals surface area contributed by atoms with Crippen LogP contribution in [0.3, 0.4) is 0 Å². The van der Waals surface area contributed by atoms with E-state index in [2.05, 4.69) is 98.9 Å². The highest BCUT2D eigenvalue weighted by Gasteiger charge is 2.31. The van der Waals surface area contributed by atoms with Crippen LogP contribution < -0.4 is 57.9 Å². The third-order valence-electron chi connectivity index (χ3n) is 25.6. The second-order valence-corrected chi connectivity index (χ2v) is 37.0. The smallest absolute Gasteiger partial charge is 0.338 e. The minimum atomic E-state index is -0.613. The normalized spacial score (nSPS) is 15.5. The fraction of sp³-hybridized carbons (Fsp3) is 0.459. The topological polar surface area (TPSA) is 346 Å². The maximum atomic E-state index is 13.5. The van der Waals surface area contributed by atoms with Gasteiger partial charge in [-0.15, -0.1) is 0 Å². The molecule has 3 heterocycles. The summed E-state index contributed by atoms with van der Waals surface area (Å²) in [6.45, 7) is 20.3. The first-order valence-electron chi connectivity index (χ1n) is 50.3. The molecule has 15 rings (SSSR count). The van der Waals surface area contributed by atoms with Crippen LogP contribution in [-0.2, 0) is 63.0 Å². The van der Waals surface area contributed by atoms with Gasteiger partial charge in [0.15, 0.2) is 0 Å². The molecule has 0 bridgehead atoms. The molecular weight excluding hydrogens is 1770 g/mol. The monoisotopic (exact) mass is 1920 g/mol. The Labute approximate surface area is 825 Å². The van der Waals surface area contributed by atoms with Crippen molar-refractivity contribution in [1.29, 1.82) is 0 Å². The van der Waals surface area contributed by atoms with Crippen molar-refractivity contribution in [3.05, 3.63) is 262 Å². The van der Waals surface area contributed by atoms with Gasteiger partial charge < -0.3 is 86.7 Å². The summed E-state index contributed by atoms with van der Waals surface area (Å²) in [7, 11) is 1.61. The number of aliphatic hydroxyl groups excluding tert-OH is 1. The van der Waals surface area contributed by atoms with Gasteiger partial charge in [-0.1, -0.05) is 104 Å². The van der Waals surface area contributed by atoms with Crippen LogP contribution in [0.25, 0.3) is 0 Å². The molecule has 0 radical (unpaired) electrons. The molecule has 27 nitrogen and oxygen atoms in total. The minimum Gasteiger partial charge on any atom is -0.497 e. The maximum absolute atomic E-state index is 13.5. The van der Waals surface area contributed by atoms with Crippen molar-refractivity contribution in [3.8, 4) is 5.75 Å². The summed E-state index contributed by atoms with van der Waals surface area (Å²) in [5.74, 6) is -1.36. The highest BCUT2D eigenvalue weighted by Crippen LogP contribution is 2.41. The van der Waals surface area contributed by atoms with Crippen molar-refractivity contribution in [1.82, 2.24) is 24.9 Å². The predicted molar refractivity (Wildman–Crippen MR) is 553 cm³/mol. The Morgan fingerprint density at radius 2 is 0.607 bits per heavy atom. The Kier molecular flexibility index (Phi) is 44.0. The molecule has 29 heteroatoms. The van der Waals surface area contributed by atoms with Gasteiger partial charge in [-0.2, -0.15) is 0 Å². The Balaban J connectivity index is 0.000000168. The number of aliphatic hydroxyl groups is 1. The Bertz CT molecular complexity index is 5310. The van der Waals surface area contributed by atoms with Gasteiger partial charge >= 0.3 is 29.8 Å². The summed E-state index contributed by atoms with van der Waals surface area (Å²) < 4.78 is 57.9. The van der Waals surface area contributed by atoms with E-state index in [-0.39, 0.29) is 37.0 Å². The number of aromatic nitrogens is 5. The molecule has 11 N–H and O–H groups in total. The lowest BCUT2D eigenvalue weighted by atomic mass is 9.71. The molecule has 0 unspecified atom stereocenters. The average molecular weight is 1920 g/mol. The average Bonchev–Trinajstić information content (AvgIpc) is 0.841. The number of anilines is 10. The van der Waals surface area contributed by atoms with Crippen molar-refractivity contribution in [2.75, 3.05) is 93.3 Å². The second-order valence-electron chi connectivity index (χ2n) is 37.0. The summed E-state index contributed by atoms with van der Waals surface area (Å²) >= 11 is 0. The first kappa shape index (κ1) is 107. The maximum Gasteiger partial charge on any atom is 0.338 e. The number of nitrogens with zero attached hydrogens (tertiary/aromatic N) is 5. The minimum absolute atomic E-state index is 0.0446. The highest BCUT2D eigenvalue weighted by atomic mass is 19.1. The van der Waals surface area contributed by atoms with Crippen LogP contribution in [0.5, 0.6) is 5.75 Å². The van der Waals surface area contributed by atoms with Crippen molar-refractivity contribution in [2.24, 2.45) is 11.3 Å². The van der Waals surface area contributed by atoms with Gasteiger partial charge in [-0.3, -0.25) is 4.98 Å². The van der Waals surface area contributed by atoms with E-state index in [1.165, 1.54) is 134 Å². The van der Waals surface area contributed by atoms with Gasteiger partial charge in [0.2, 0.25) is 0 Å². The first-order chi connectivity index (χ1) is 68.0. The first-order valence-corrected chi connectivity index (χ1v) is 50.3. The number of pyridine rings is 1. The van der Waals surface area contributed by atoms with Crippen LogP contribution in [0.4, 0.5) is 65.7 Å². The quantitative estimate of drug-likeness (QED) is 0.0127. The fourth-order valence-corrected chi connectivity index (χ4v) is 18.0. The lowest BCUT2D eigenvalue weighted by molar-refractivity contribution is 0.0517. The number of benzene rings is 7. The third kappa shape index (κ3) is 35.6. The summed E-state index contributed by atoms with van der Waals surface area (Å²) in [4.78, 5) is 81.2. The molecular formula is C111H145F2N15O12. The number of hydrogen-bond acceptors (Lipinski definition) is 27. The Morgan fingerprint density at radius 1 is 0.321 bits per heavy atom. The summed E-state index contributed by atoms with van der Waals surface area (Å²) in [5.41, 5.74) is 17.4. The number of ether oxygens (including phenoxy) is 6. The van der Waals surface area contributed by atoms with E-state index >= 15 is 0 Å². The zero-order valence-corrected chi connectivity index (χ0v) is 83.0. The largest absolute Gasteiger partial charge is 0.497 e. The van der Waals surface area contributed by atoms with Gasteiger partial charge in [0.1, 0.15) is 30.0 Å². The van der Waals surface area contributed by atoms with Crippen molar-refractivity contribution >= 4 is 86.7 Å². The molecule has 5 aliphatic rings. The number of methoxy groups -OCH3 is 1. The third-order valence-corrected chi connectivity index (χ3v) is 25.6. The van der Waals surface area contributed by atoms with E-state index in [1.54, 1.807) is 64.2 Å². The number of rotatable bonds is 37. The number of halogens is 2. The summed E-state index contributed by atoms with van der Waals surface area (Å²) in [6, 6.07) is 47.0.